The van der Waals surface area contributed by atoms with Crippen LogP contribution in [0.15, 0.2) is 24.3 Å². The molecule has 0 bridgehead atoms. The first-order chi connectivity index (χ1) is 27.0. The molecule has 0 N–H and O–H groups in total. The number of nitrogens with zero attached hydrogens (tertiary/aromatic N) is 1. The Labute approximate surface area is 345 Å². The van der Waals surface area contributed by atoms with Crippen molar-refractivity contribution in [1.82, 2.24) is 0 Å². The number of hydrogen-bond donors (Lipinski definition) is 0. The summed E-state index contributed by atoms with van der Waals surface area (Å²) in [7, 11) is 1.16. The molecule has 1 unspecified atom stereocenters. The Morgan fingerprint density at radius 2 is 0.911 bits per heavy atom. The number of esters is 2. The Kier molecular flexibility index (Phi) is 37.9. The van der Waals surface area contributed by atoms with Gasteiger partial charge in [-0.2, -0.15) is 0 Å². The van der Waals surface area contributed by atoms with E-state index in [9.17, 15) is 19.0 Å². The summed E-state index contributed by atoms with van der Waals surface area (Å²) in [6, 6.07) is 0. The number of ether oxygens (including phenoxy) is 2. The number of hydrogen-bond acceptors (Lipinski definition) is 8. The number of rotatable bonds is 42. The van der Waals surface area contributed by atoms with Crippen LogP contribution in [0.2, 0.25) is 0 Å². The van der Waals surface area contributed by atoms with Crippen LogP contribution in [0.3, 0.4) is 0 Å². The van der Waals surface area contributed by atoms with Crippen LogP contribution in [0.1, 0.15) is 206 Å². The Hall–Kier alpha value is -1.51. The molecule has 10 heteroatoms. The lowest BCUT2D eigenvalue weighted by molar-refractivity contribution is -0.870. The number of unbranched alkanes of at least 4 members (excludes halogenated alkanes) is 24. The molecule has 0 amide bonds. The molecule has 56 heavy (non-hydrogen) atoms. The minimum Gasteiger partial charge on any atom is -0.756 e. The van der Waals surface area contributed by atoms with Gasteiger partial charge in [-0.3, -0.25) is 14.2 Å². The second-order valence-electron chi connectivity index (χ2n) is 16.8. The number of quaternary nitrogens is 1. The second kappa shape index (κ2) is 39.0. The third kappa shape index (κ3) is 42.1. The van der Waals surface area contributed by atoms with Gasteiger partial charge in [0.2, 0.25) is 0 Å². The van der Waals surface area contributed by atoms with Crippen molar-refractivity contribution in [2.75, 3.05) is 47.5 Å². The monoisotopic (exact) mass is 814 g/mol. The van der Waals surface area contributed by atoms with E-state index in [1.165, 1.54) is 122 Å². The van der Waals surface area contributed by atoms with E-state index in [4.69, 9.17) is 18.5 Å². The number of carbonyl (C=O) groups is 2. The summed E-state index contributed by atoms with van der Waals surface area (Å²) in [4.78, 5) is 37.6. The average Bonchev–Trinajstić information content (AvgIpc) is 3.15. The first-order valence-corrected chi connectivity index (χ1v) is 24.5. The van der Waals surface area contributed by atoms with E-state index >= 15 is 0 Å². The predicted molar refractivity (Wildman–Crippen MR) is 231 cm³/mol. The van der Waals surface area contributed by atoms with E-state index in [1.807, 2.05) is 21.1 Å². The zero-order valence-electron chi connectivity index (χ0n) is 37.1. The summed E-state index contributed by atoms with van der Waals surface area (Å²) in [6.07, 6.45) is 42.0. The third-order valence-corrected chi connectivity index (χ3v) is 10.9. The van der Waals surface area contributed by atoms with Crippen molar-refractivity contribution < 1.29 is 42.1 Å². The van der Waals surface area contributed by atoms with Gasteiger partial charge in [0, 0.05) is 12.8 Å². The number of carbonyl (C=O) groups excluding carboxylic acids is 2. The van der Waals surface area contributed by atoms with Crippen LogP contribution in [0.4, 0.5) is 0 Å². The normalized spacial score (nSPS) is 13.8. The molecule has 0 heterocycles. The Morgan fingerprint density at radius 1 is 0.536 bits per heavy atom. The van der Waals surface area contributed by atoms with Gasteiger partial charge < -0.3 is 27.9 Å². The zero-order chi connectivity index (χ0) is 41.4. The van der Waals surface area contributed by atoms with Gasteiger partial charge in [-0.05, 0) is 64.2 Å². The Bertz CT molecular complexity index is 1010. The summed E-state index contributed by atoms with van der Waals surface area (Å²) < 4.78 is 33.9. The van der Waals surface area contributed by atoms with E-state index in [1.54, 1.807) is 0 Å². The highest BCUT2D eigenvalue weighted by Gasteiger charge is 2.21. The highest BCUT2D eigenvalue weighted by atomic mass is 31.2. The van der Waals surface area contributed by atoms with Crippen LogP contribution in [-0.4, -0.2) is 70.0 Å². The second-order valence-corrected chi connectivity index (χ2v) is 18.2. The lowest BCUT2D eigenvalue weighted by atomic mass is 10.1. The maximum Gasteiger partial charge on any atom is 0.306 e. The van der Waals surface area contributed by atoms with Crippen LogP contribution in [0, 0.1) is 0 Å². The molecular formula is C46H88NO8P. The molecule has 0 saturated carbocycles. The quantitative estimate of drug-likeness (QED) is 0.0197. The van der Waals surface area contributed by atoms with Crippen LogP contribution in [0.25, 0.3) is 0 Å². The summed E-state index contributed by atoms with van der Waals surface area (Å²) in [5.41, 5.74) is 0. The third-order valence-electron chi connectivity index (χ3n) is 9.94. The molecule has 330 valence electrons. The van der Waals surface area contributed by atoms with Gasteiger partial charge in [-0.1, -0.05) is 154 Å². The molecule has 0 aliphatic rings. The molecule has 0 aromatic heterocycles. The summed E-state index contributed by atoms with van der Waals surface area (Å²) in [6.45, 7) is 4.21. The van der Waals surface area contributed by atoms with Crippen LogP contribution in [-0.2, 0) is 32.7 Å². The lowest BCUT2D eigenvalue weighted by Gasteiger charge is -2.28. The molecule has 0 radical (unpaired) electrons. The van der Waals surface area contributed by atoms with E-state index in [-0.39, 0.29) is 32.0 Å². The summed E-state index contributed by atoms with van der Waals surface area (Å²) in [5.74, 6) is -0.841. The van der Waals surface area contributed by atoms with Crippen molar-refractivity contribution in [3.8, 4) is 0 Å². The van der Waals surface area contributed by atoms with Gasteiger partial charge in [0.25, 0.3) is 7.82 Å². The molecule has 2 atom stereocenters. The highest BCUT2D eigenvalue weighted by molar-refractivity contribution is 7.45. The van der Waals surface area contributed by atoms with Gasteiger partial charge in [0.1, 0.15) is 19.8 Å². The number of likely N-dealkylation sites (N-methyl/N-ethyl adjacent to an activating group) is 1. The first kappa shape index (κ1) is 54.5. The molecule has 0 aliphatic carbocycles. The van der Waals surface area contributed by atoms with E-state index < -0.39 is 26.5 Å². The van der Waals surface area contributed by atoms with E-state index in [0.717, 1.165) is 51.4 Å². The summed E-state index contributed by atoms with van der Waals surface area (Å²) >= 11 is 0. The minimum atomic E-state index is -4.62. The van der Waals surface area contributed by atoms with Crippen LogP contribution in [0.5, 0.6) is 0 Å². The molecule has 0 spiro atoms. The largest absolute Gasteiger partial charge is 0.756 e. The van der Waals surface area contributed by atoms with Gasteiger partial charge >= 0.3 is 11.9 Å². The zero-order valence-corrected chi connectivity index (χ0v) is 38.0. The fourth-order valence-electron chi connectivity index (χ4n) is 6.29. The molecular weight excluding hydrogens is 725 g/mol. The van der Waals surface area contributed by atoms with Crippen molar-refractivity contribution in [2.45, 2.75) is 213 Å². The SMILES string of the molecule is CCCCCC/C=C/CCCCCCCCCCCC(=O)OC[C@H](COP(=O)([O-])OCC[N+](C)(C)C)OC(=O)CCCCCCC/C=C/CCCCCCCC. The van der Waals surface area contributed by atoms with Gasteiger partial charge in [0.05, 0.1) is 27.7 Å². The van der Waals surface area contributed by atoms with Crippen LogP contribution >= 0.6 is 7.82 Å². The maximum absolute atomic E-state index is 12.7. The molecule has 0 fully saturated rings. The number of allylic oxidation sites excluding steroid dienone is 4. The molecule has 0 aromatic carbocycles. The smallest absolute Gasteiger partial charge is 0.306 e. The van der Waals surface area contributed by atoms with Crippen molar-refractivity contribution >= 4 is 19.8 Å². The maximum atomic E-state index is 12.7. The predicted octanol–water partition coefficient (Wildman–Crippen LogP) is 12.5. The van der Waals surface area contributed by atoms with Crippen molar-refractivity contribution in [1.29, 1.82) is 0 Å². The standard InChI is InChI=1S/C46H88NO8P/c1-6-8-10-12-14-16-18-20-22-23-25-26-28-30-32-34-36-38-45(48)52-42-44(43-54-56(50,51)53-41-40-47(3,4)5)55-46(49)39-37-35-33-31-29-27-24-21-19-17-15-13-11-9-7-2/h16,18,21,24,44H,6-15,17,19-20,22-23,25-43H2,1-5H3/b18-16+,24-21+/t44-/m1/s1. The lowest BCUT2D eigenvalue weighted by Crippen LogP contribution is -2.37. The molecule has 0 aliphatic heterocycles. The van der Waals surface area contributed by atoms with E-state index in [0.29, 0.717) is 17.4 Å². The molecule has 9 nitrogen and oxygen atoms in total. The minimum absolute atomic E-state index is 0.0314. The fourth-order valence-corrected chi connectivity index (χ4v) is 7.02. The van der Waals surface area contributed by atoms with Gasteiger partial charge in [-0.25, -0.2) is 0 Å². The fraction of sp³-hybridized carbons (Fsp3) is 0.870. The Balaban J connectivity index is 4.32. The van der Waals surface area contributed by atoms with Crippen LogP contribution < -0.4 is 4.89 Å². The van der Waals surface area contributed by atoms with Gasteiger partial charge in [-0.15, -0.1) is 0 Å². The Morgan fingerprint density at radius 3 is 1.34 bits per heavy atom. The molecule has 0 aromatic rings. The van der Waals surface area contributed by atoms with Crippen molar-refractivity contribution in [3.63, 3.8) is 0 Å². The number of phosphoric acid groups is 1. The first-order valence-electron chi connectivity index (χ1n) is 23.0. The molecule has 0 saturated heterocycles. The van der Waals surface area contributed by atoms with Gasteiger partial charge in [0.15, 0.2) is 6.10 Å². The summed E-state index contributed by atoms with van der Waals surface area (Å²) in [5, 5.41) is 0. The number of phosphoric ester groups is 1. The molecule has 0 rings (SSSR count). The average molecular weight is 814 g/mol. The van der Waals surface area contributed by atoms with E-state index in [2.05, 4.69) is 38.2 Å². The topological polar surface area (TPSA) is 111 Å². The van der Waals surface area contributed by atoms with Crippen molar-refractivity contribution in [3.05, 3.63) is 24.3 Å². The van der Waals surface area contributed by atoms with Crippen molar-refractivity contribution in [2.24, 2.45) is 0 Å². The highest BCUT2D eigenvalue weighted by Crippen LogP contribution is 2.38.